The Kier molecular flexibility index (Phi) is 6.98. The molecule has 0 saturated heterocycles. The Labute approximate surface area is 102 Å². The smallest absolute Gasteiger partial charge is 0.0514 e. The van der Waals surface area contributed by atoms with Gasteiger partial charge in [0.25, 0.3) is 0 Å². The van der Waals surface area contributed by atoms with Gasteiger partial charge in [-0.3, -0.25) is 0 Å². The second-order valence-corrected chi connectivity index (χ2v) is 6.99. The van der Waals surface area contributed by atoms with Gasteiger partial charge in [0, 0.05) is 6.61 Å². The predicted molar refractivity (Wildman–Crippen MR) is 72.7 cm³/mol. The molecule has 1 heteroatoms. The molecule has 0 fully saturated rings. The van der Waals surface area contributed by atoms with Crippen LogP contribution in [0.4, 0.5) is 0 Å². The Morgan fingerprint density at radius 3 is 2.00 bits per heavy atom. The molecule has 0 heterocycles. The number of hydrogen-bond donors (Lipinski definition) is 0. The summed E-state index contributed by atoms with van der Waals surface area (Å²) in [4.78, 5) is 0. The van der Waals surface area contributed by atoms with Crippen molar-refractivity contribution in [2.75, 3.05) is 13.2 Å². The second-order valence-electron chi connectivity index (χ2n) is 6.99. The first-order valence-corrected chi connectivity index (χ1v) is 6.43. The first-order chi connectivity index (χ1) is 7.21. The molecule has 0 saturated carbocycles. The predicted octanol–water partition coefficient (Wildman–Crippen LogP) is 4.82. The fourth-order valence-corrected chi connectivity index (χ4v) is 1.24. The van der Waals surface area contributed by atoms with Crippen LogP contribution in [0.1, 0.15) is 60.8 Å². The summed E-state index contributed by atoms with van der Waals surface area (Å²) in [6.45, 7) is 15.2. The minimum Gasteiger partial charge on any atom is -0.381 e. The van der Waals surface area contributed by atoms with Crippen molar-refractivity contribution in [2.45, 2.75) is 60.8 Å². The van der Waals surface area contributed by atoms with Gasteiger partial charge in [-0.05, 0) is 30.1 Å². The van der Waals surface area contributed by atoms with E-state index in [1.165, 1.54) is 0 Å². The van der Waals surface area contributed by atoms with Crippen LogP contribution in [0.25, 0.3) is 0 Å². The van der Waals surface area contributed by atoms with Crippen molar-refractivity contribution in [3.63, 3.8) is 0 Å². The average Bonchev–Trinajstić information content (AvgIpc) is 2.06. The average molecular weight is 226 g/mol. The molecule has 96 valence electrons. The number of unbranched alkanes of at least 4 members (excludes halogenated alkanes) is 1. The normalized spacial score (nSPS) is 13.6. The highest BCUT2D eigenvalue weighted by atomic mass is 16.5. The second kappa shape index (κ2) is 7.11. The summed E-state index contributed by atoms with van der Waals surface area (Å²) in [5.74, 6) is 0. The Hall–Kier alpha value is -0.300. The third-order valence-corrected chi connectivity index (χ3v) is 2.09. The molecule has 0 unspecified atom stereocenters. The van der Waals surface area contributed by atoms with E-state index < -0.39 is 0 Å². The summed E-state index contributed by atoms with van der Waals surface area (Å²) in [6, 6.07) is 0. The zero-order chi connectivity index (χ0) is 12.7. The summed E-state index contributed by atoms with van der Waals surface area (Å²) in [6.07, 6.45) is 8.02. The lowest BCUT2D eigenvalue weighted by molar-refractivity contribution is 0.0701. The maximum atomic E-state index is 5.61. The zero-order valence-electron chi connectivity index (χ0n) is 12.1. The molecular weight excluding hydrogens is 196 g/mol. The van der Waals surface area contributed by atoms with Crippen LogP contribution >= 0.6 is 0 Å². The van der Waals surface area contributed by atoms with Gasteiger partial charge in [-0.25, -0.2) is 0 Å². The van der Waals surface area contributed by atoms with Crippen LogP contribution in [0.2, 0.25) is 0 Å². The van der Waals surface area contributed by atoms with Crippen molar-refractivity contribution in [1.29, 1.82) is 0 Å². The van der Waals surface area contributed by atoms with Gasteiger partial charge in [0.05, 0.1) is 6.61 Å². The molecular formula is C15H30O. The highest BCUT2D eigenvalue weighted by Crippen LogP contribution is 2.18. The van der Waals surface area contributed by atoms with Crippen LogP contribution in [0.3, 0.4) is 0 Å². The lowest BCUT2D eigenvalue weighted by Gasteiger charge is -2.17. The van der Waals surface area contributed by atoms with Crippen LogP contribution in [0, 0.1) is 10.8 Å². The standard InChI is InChI=1S/C15H30O/c1-14(2,3)11-9-7-8-10-12-16-13-15(4,5)6/h7,9H,8,10-13H2,1-6H3/b9-7-. The topological polar surface area (TPSA) is 9.23 Å². The van der Waals surface area contributed by atoms with Crippen LogP contribution in [-0.4, -0.2) is 13.2 Å². The zero-order valence-corrected chi connectivity index (χ0v) is 12.1. The van der Waals surface area contributed by atoms with E-state index in [0.717, 1.165) is 32.5 Å². The molecule has 0 N–H and O–H groups in total. The van der Waals surface area contributed by atoms with E-state index in [0.29, 0.717) is 10.8 Å². The van der Waals surface area contributed by atoms with E-state index in [-0.39, 0.29) is 0 Å². The van der Waals surface area contributed by atoms with E-state index >= 15 is 0 Å². The van der Waals surface area contributed by atoms with E-state index in [2.05, 4.69) is 53.7 Å². The molecule has 0 rings (SSSR count). The lowest BCUT2D eigenvalue weighted by Crippen LogP contribution is -2.14. The molecule has 0 radical (unpaired) electrons. The van der Waals surface area contributed by atoms with E-state index in [4.69, 9.17) is 4.74 Å². The molecule has 0 aliphatic carbocycles. The molecule has 0 aromatic heterocycles. The first kappa shape index (κ1) is 15.7. The molecule has 0 atom stereocenters. The molecule has 0 amide bonds. The van der Waals surface area contributed by atoms with Gasteiger partial charge in [0.15, 0.2) is 0 Å². The monoisotopic (exact) mass is 226 g/mol. The van der Waals surface area contributed by atoms with Gasteiger partial charge in [-0.15, -0.1) is 0 Å². The van der Waals surface area contributed by atoms with E-state index in [9.17, 15) is 0 Å². The number of hydrogen-bond acceptors (Lipinski definition) is 1. The van der Waals surface area contributed by atoms with Gasteiger partial charge in [0.1, 0.15) is 0 Å². The Morgan fingerprint density at radius 2 is 1.50 bits per heavy atom. The number of ether oxygens (including phenoxy) is 1. The maximum absolute atomic E-state index is 5.61. The minimum absolute atomic E-state index is 0.294. The molecule has 0 aromatic rings. The van der Waals surface area contributed by atoms with Crippen molar-refractivity contribution < 1.29 is 4.74 Å². The Balaban J connectivity index is 3.34. The summed E-state index contributed by atoms with van der Waals surface area (Å²) in [5, 5.41) is 0. The van der Waals surface area contributed by atoms with E-state index in [1.54, 1.807) is 0 Å². The van der Waals surface area contributed by atoms with Crippen molar-refractivity contribution in [1.82, 2.24) is 0 Å². The van der Waals surface area contributed by atoms with Gasteiger partial charge >= 0.3 is 0 Å². The van der Waals surface area contributed by atoms with Crippen molar-refractivity contribution >= 4 is 0 Å². The summed E-state index contributed by atoms with van der Waals surface area (Å²) in [7, 11) is 0. The van der Waals surface area contributed by atoms with Crippen LogP contribution in [0.15, 0.2) is 12.2 Å². The summed E-state index contributed by atoms with van der Waals surface area (Å²) >= 11 is 0. The molecule has 16 heavy (non-hydrogen) atoms. The summed E-state index contributed by atoms with van der Waals surface area (Å²) in [5.41, 5.74) is 0.710. The lowest BCUT2D eigenvalue weighted by atomic mass is 9.92. The fourth-order valence-electron chi connectivity index (χ4n) is 1.24. The third-order valence-electron chi connectivity index (χ3n) is 2.09. The fraction of sp³-hybridized carbons (Fsp3) is 0.867. The van der Waals surface area contributed by atoms with Gasteiger partial charge in [0.2, 0.25) is 0 Å². The molecule has 0 bridgehead atoms. The van der Waals surface area contributed by atoms with Crippen LogP contribution < -0.4 is 0 Å². The molecule has 0 aliphatic rings. The van der Waals surface area contributed by atoms with Crippen molar-refractivity contribution in [3.8, 4) is 0 Å². The van der Waals surface area contributed by atoms with Crippen molar-refractivity contribution in [3.05, 3.63) is 12.2 Å². The van der Waals surface area contributed by atoms with Crippen LogP contribution in [0.5, 0.6) is 0 Å². The molecule has 1 nitrogen and oxygen atoms in total. The SMILES string of the molecule is CC(C)(C)C/C=C\CCCOCC(C)(C)C. The highest BCUT2D eigenvalue weighted by Gasteiger charge is 2.09. The Morgan fingerprint density at radius 1 is 0.875 bits per heavy atom. The Bertz CT molecular complexity index is 190. The quantitative estimate of drug-likeness (QED) is 0.466. The minimum atomic E-state index is 0.294. The maximum Gasteiger partial charge on any atom is 0.0514 e. The number of allylic oxidation sites excluding steroid dienone is 2. The molecule has 0 aromatic carbocycles. The largest absolute Gasteiger partial charge is 0.381 e. The summed E-state index contributed by atoms with van der Waals surface area (Å²) < 4.78 is 5.61. The highest BCUT2D eigenvalue weighted by molar-refractivity contribution is 4.85. The van der Waals surface area contributed by atoms with Gasteiger partial charge < -0.3 is 4.74 Å². The van der Waals surface area contributed by atoms with E-state index in [1.807, 2.05) is 0 Å². The van der Waals surface area contributed by atoms with Crippen molar-refractivity contribution in [2.24, 2.45) is 10.8 Å². The molecule has 0 aliphatic heterocycles. The van der Waals surface area contributed by atoms with Gasteiger partial charge in [-0.2, -0.15) is 0 Å². The first-order valence-electron chi connectivity index (χ1n) is 6.43. The number of rotatable bonds is 6. The third kappa shape index (κ3) is 13.7. The molecule has 0 spiro atoms. The van der Waals surface area contributed by atoms with Gasteiger partial charge in [-0.1, -0.05) is 53.7 Å². The van der Waals surface area contributed by atoms with Crippen LogP contribution in [-0.2, 0) is 4.74 Å².